The Labute approximate surface area is 83.2 Å². The molecule has 0 fully saturated rings. The summed E-state index contributed by atoms with van der Waals surface area (Å²) in [6, 6.07) is 5.51. The van der Waals surface area contributed by atoms with Crippen LogP contribution in [0.25, 0.3) is 10.9 Å². The number of benzene rings is 1. The van der Waals surface area contributed by atoms with Crippen molar-refractivity contribution in [1.82, 2.24) is 4.98 Å². The third kappa shape index (κ3) is 1.23. The first kappa shape index (κ1) is 9.21. The zero-order valence-corrected chi connectivity index (χ0v) is 7.41. The van der Waals surface area contributed by atoms with Gasteiger partial charge in [0.05, 0.1) is 10.9 Å². The fourth-order valence-corrected chi connectivity index (χ4v) is 1.39. The van der Waals surface area contributed by atoms with Crippen LogP contribution in [-0.2, 0) is 0 Å². The van der Waals surface area contributed by atoms with Crippen molar-refractivity contribution in [2.75, 3.05) is 0 Å². The standard InChI is InChI=1S/C10H5FN2O2/c11-6-2-1-3-7-8(6)9(14)5(4-12)10(15)13-7/h1-3H,(H2,13,14,15). The second kappa shape index (κ2) is 3.10. The average Bonchev–Trinajstić information content (AvgIpc) is 2.17. The molecule has 1 aromatic carbocycles. The summed E-state index contributed by atoms with van der Waals surface area (Å²) >= 11 is 0. The van der Waals surface area contributed by atoms with E-state index in [9.17, 15) is 14.3 Å². The Bertz CT molecular complexity index is 640. The second-order valence-corrected chi connectivity index (χ2v) is 2.95. The Morgan fingerprint density at radius 1 is 1.47 bits per heavy atom. The summed E-state index contributed by atoms with van der Waals surface area (Å²) in [6.07, 6.45) is 0. The molecule has 0 atom stereocenters. The van der Waals surface area contributed by atoms with E-state index in [0.717, 1.165) is 6.07 Å². The van der Waals surface area contributed by atoms with Gasteiger partial charge in [-0.2, -0.15) is 5.26 Å². The van der Waals surface area contributed by atoms with Gasteiger partial charge in [-0.1, -0.05) is 6.07 Å². The van der Waals surface area contributed by atoms with Crippen molar-refractivity contribution >= 4 is 10.9 Å². The van der Waals surface area contributed by atoms with Gasteiger partial charge in [0.1, 0.15) is 11.9 Å². The first-order chi connectivity index (χ1) is 7.15. The highest BCUT2D eigenvalue weighted by Gasteiger charge is 2.13. The number of nitrogens with zero attached hydrogens (tertiary/aromatic N) is 1. The van der Waals surface area contributed by atoms with Crippen LogP contribution in [0, 0.1) is 17.1 Å². The molecule has 0 saturated carbocycles. The molecular formula is C10H5FN2O2. The lowest BCUT2D eigenvalue weighted by molar-refractivity contribution is 0.475. The predicted octanol–water partition coefficient (Wildman–Crippen LogP) is 1.24. The molecule has 0 spiro atoms. The van der Waals surface area contributed by atoms with Gasteiger partial charge < -0.3 is 10.1 Å². The van der Waals surface area contributed by atoms with Gasteiger partial charge in [-0.25, -0.2) is 4.39 Å². The van der Waals surface area contributed by atoms with E-state index in [2.05, 4.69) is 4.98 Å². The zero-order valence-electron chi connectivity index (χ0n) is 7.41. The van der Waals surface area contributed by atoms with E-state index in [1.807, 2.05) is 0 Å². The monoisotopic (exact) mass is 204 g/mol. The van der Waals surface area contributed by atoms with Crippen molar-refractivity contribution in [3.05, 3.63) is 39.9 Å². The van der Waals surface area contributed by atoms with Gasteiger partial charge in [0, 0.05) is 0 Å². The van der Waals surface area contributed by atoms with Crippen LogP contribution in [-0.4, -0.2) is 10.1 Å². The molecule has 0 aliphatic heterocycles. The van der Waals surface area contributed by atoms with Crippen LogP contribution in [0.5, 0.6) is 5.75 Å². The summed E-state index contributed by atoms with van der Waals surface area (Å²) in [5.74, 6) is -1.30. The maximum atomic E-state index is 13.3. The zero-order chi connectivity index (χ0) is 11.0. The minimum atomic E-state index is -0.729. The molecule has 4 nitrogen and oxygen atoms in total. The van der Waals surface area contributed by atoms with Crippen molar-refractivity contribution < 1.29 is 9.50 Å². The van der Waals surface area contributed by atoms with E-state index in [1.54, 1.807) is 0 Å². The van der Waals surface area contributed by atoms with Crippen molar-refractivity contribution in [2.45, 2.75) is 0 Å². The van der Waals surface area contributed by atoms with E-state index in [1.165, 1.54) is 18.2 Å². The summed E-state index contributed by atoms with van der Waals surface area (Å²) in [5.41, 5.74) is -1.04. The SMILES string of the molecule is N#Cc1c(O)c2c(F)cccc2[nH]c1=O. The van der Waals surface area contributed by atoms with Crippen LogP contribution < -0.4 is 5.56 Å². The molecular weight excluding hydrogens is 199 g/mol. The summed E-state index contributed by atoms with van der Waals surface area (Å²) in [7, 11) is 0. The van der Waals surface area contributed by atoms with Crippen LogP contribution in [0.3, 0.4) is 0 Å². The maximum absolute atomic E-state index is 13.3. The Kier molecular flexibility index (Phi) is 1.90. The molecule has 2 N–H and O–H groups in total. The van der Waals surface area contributed by atoms with Crippen molar-refractivity contribution in [2.24, 2.45) is 0 Å². The number of H-pyrrole nitrogens is 1. The van der Waals surface area contributed by atoms with E-state index < -0.39 is 22.7 Å². The number of hydrogen-bond acceptors (Lipinski definition) is 3. The lowest BCUT2D eigenvalue weighted by Crippen LogP contribution is -2.10. The van der Waals surface area contributed by atoms with Crippen molar-refractivity contribution in [3.8, 4) is 11.8 Å². The first-order valence-electron chi connectivity index (χ1n) is 4.08. The molecule has 5 heteroatoms. The molecule has 0 unspecified atom stereocenters. The lowest BCUT2D eigenvalue weighted by Gasteiger charge is -2.02. The normalized spacial score (nSPS) is 10.1. The minimum Gasteiger partial charge on any atom is -0.506 e. The quantitative estimate of drug-likeness (QED) is 0.677. The smallest absolute Gasteiger partial charge is 0.270 e. The highest BCUT2D eigenvalue weighted by molar-refractivity contribution is 5.87. The van der Waals surface area contributed by atoms with Gasteiger partial charge in [-0.15, -0.1) is 0 Å². The molecule has 1 heterocycles. The van der Waals surface area contributed by atoms with Gasteiger partial charge in [-0.05, 0) is 12.1 Å². The Morgan fingerprint density at radius 2 is 2.20 bits per heavy atom. The number of pyridine rings is 1. The number of aromatic amines is 1. The van der Waals surface area contributed by atoms with Crippen LogP contribution >= 0.6 is 0 Å². The average molecular weight is 204 g/mol. The number of nitrogens with one attached hydrogen (secondary N) is 1. The summed E-state index contributed by atoms with van der Waals surface area (Å²) in [4.78, 5) is 13.5. The summed E-state index contributed by atoms with van der Waals surface area (Å²) in [6.45, 7) is 0. The second-order valence-electron chi connectivity index (χ2n) is 2.95. The summed E-state index contributed by atoms with van der Waals surface area (Å²) in [5, 5.41) is 18.0. The number of nitriles is 1. The van der Waals surface area contributed by atoms with Crippen LogP contribution in [0.15, 0.2) is 23.0 Å². The van der Waals surface area contributed by atoms with Gasteiger partial charge in [0.25, 0.3) is 5.56 Å². The molecule has 0 bridgehead atoms. The number of rotatable bonds is 0. The number of hydrogen-bond donors (Lipinski definition) is 2. The fraction of sp³-hybridized carbons (Fsp3) is 0. The molecule has 0 aliphatic carbocycles. The van der Waals surface area contributed by atoms with Gasteiger partial charge >= 0.3 is 0 Å². The Morgan fingerprint density at radius 3 is 2.87 bits per heavy atom. The van der Waals surface area contributed by atoms with E-state index in [4.69, 9.17) is 5.26 Å². The molecule has 74 valence electrons. The van der Waals surface area contributed by atoms with Gasteiger partial charge in [-0.3, -0.25) is 4.79 Å². The lowest BCUT2D eigenvalue weighted by atomic mass is 10.1. The number of fused-ring (bicyclic) bond motifs is 1. The Hall–Kier alpha value is -2.35. The molecule has 0 radical (unpaired) electrons. The molecule has 1 aromatic heterocycles. The topological polar surface area (TPSA) is 76.9 Å². The van der Waals surface area contributed by atoms with Gasteiger partial charge in [0.15, 0.2) is 11.3 Å². The van der Waals surface area contributed by atoms with Crippen molar-refractivity contribution in [1.29, 1.82) is 5.26 Å². The van der Waals surface area contributed by atoms with Crippen molar-refractivity contribution in [3.63, 3.8) is 0 Å². The first-order valence-corrected chi connectivity index (χ1v) is 4.08. The number of aromatic hydroxyl groups is 1. The molecule has 2 aromatic rings. The molecule has 0 saturated heterocycles. The highest BCUT2D eigenvalue weighted by atomic mass is 19.1. The van der Waals surface area contributed by atoms with Crippen LogP contribution in [0.2, 0.25) is 0 Å². The molecule has 0 aliphatic rings. The van der Waals surface area contributed by atoms with E-state index in [0.29, 0.717) is 0 Å². The third-order valence-electron chi connectivity index (χ3n) is 2.07. The highest BCUT2D eigenvalue weighted by Crippen LogP contribution is 2.26. The minimum absolute atomic E-state index is 0.145. The maximum Gasteiger partial charge on any atom is 0.270 e. The largest absolute Gasteiger partial charge is 0.506 e. The molecule has 0 amide bonds. The van der Waals surface area contributed by atoms with Crippen LogP contribution in [0.4, 0.5) is 4.39 Å². The Balaban J connectivity index is 3.08. The fourth-order valence-electron chi connectivity index (χ4n) is 1.39. The van der Waals surface area contributed by atoms with E-state index in [-0.39, 0.29) is 10.9 Å². The number of aromatic nitrogens is 1. The number of halogens is 1. The van der Waals surface area contributed by atoms with Crippen LogP contribution in [0.1, 0.15) is 5.56 Å². The molecule has 2 rings (SSSR count). The third-order valence-corrected chi connectivity index (χ3v) is 2.07. The summed E-state index contributed by atoms with van der Waals surface area (Å²) < 4.78 is 13.3. The predicted molar refractivity (Wildman–Crippen MR) is 50.9 cm³/mol. The van der Waals surface area contributed by atoms with E-state index >= 15 is 0 Å². The van der Waals surface area contributed by atoms with Gasteiger partial charge in [0.2, 0.25) is 0 Å². The molecule has 15 heavy (non-hydrogen) atoms.